The topological polar surface area (TPSA) is 44.5 Å². The summed E-state index contributed by atoms with van der Waals surface area (Å²) in [5.74, 6) is -1.14. The minimum absolute atomic E-state index is 0.0351. The molecule has 0 radical (unpaired) electrons. The van der Waals surface area contributed by atoms with Crippen LogP contribution in [0.3, 0.4) is 0 Å². The summed E-state index contributed by atoms with van der Waals surface area (Å²) in [6.07, 6.45) is 0.785. The molecular formula is C15H15F2NO2. The molecule has 5 heteroatoms. The third kappa shape index (κ3) is 3.45. The number of nitrogens with two attached hydrogens (primary N) is 1. The molecule has 0 amide bonds. The molecule has 0 atom stereocenters. The fraction of sp³-hybridized carbons (Fsp3) is 0.200. The Labute approximate surface area is 115 Å². The maximum Gasteiger partial charge on any atom is 0.156 e. The summed E-state index contributed by atoms with van der Waals surface area (Å²) in [6, 6.07) is 8.92. The molecule has 106 valence electrons. The van der Waals surface area contributed by atoms with Crippen LogP contribution in [-0.2, 0) is 11.2 Å². The third-order valence-electron chi connectivity index (χ3n) is 2.80. The molecule has 0 aliphatic carbocycles. The van der Waals surface area contributed by atoms with Crippen LogP contribution in [-0.4, -0.2) is 13.7 Å². The van der Waals surface area contributed by atoms with Crippen molar-refractivity contribution in [2.24, 2.45) is 0 Å². The normalized spacial score (nSPS) is 10.6. The zero-order valence-electron chi connectivity index (χ0n) is 11.0. The Morgan fingerprint density at radius 1 is 1.10 bits per heavy atom. The summed E-state index contributed by atoms with van der Waals surface area (Å²) in [5, 5.41) is 0. The third-order valence-corrected chi connectivity index (χ3v) is 2.80. The zero-order chi connectivity index (χ0) is 14.5. The summed E-state index contributed by atoms with van der Waals surface area (Å²) in [7, 11) is 1.64. The van der Waals surface area contributed by atoms with E-state index in [1.807, 2.05) is 12.1 Å². The van der Waals surface area contributed by atoms with Gasteiger partial charge in [-0.05, 0) is 24.1 Å². The van der Waals surface area contributed by atoms with Crippen molar-refractivity contribution in [1.82, 2.24) is 0 Å². The van der Waals surface area contributed by atoms with Crippen molar-refractivity contribution in [1.29, 1.82) is 0 Å². The van der Waals surface area contributed by atoms with Gasteiger partial charge in [0.1, 0.15) is 17.3 Å². The van der Waals surface area contributed by atoms with E-state index in [0.29, 0.717) is 12.4 Å². The number of ether oxygens (including phenoxy) is 2. The van der Waals surface area contributed by atoms with Gasteiger partial charge in [-0.25, -0.2) is 8.78 Å². The first-order valence-electron chi connectivity index (χ1n) is 6.10. The van der Waals surface area contributed by atoms with Gasteiger partial charge in [0.15, 0.2) is 11.6 Å². The minimum atomic E-state index is -0.836. The Bertz CT molecular complexity index is 585. The zero-order valence-corrected chi connectivity index (χ0v) is 11.0. The lowest BCUT2D eigenvalue weighted by atomic mass is 10.1. The average molecular weight is 279 g/mol. The Kier molecular flexibility index (Phi) is 4.53. The van der Waals surface area contributed by atoms with Crippen LogP contribution in [0.4, 0.5) is 14.5 Å². The Morgan fingerprint density at radius 3 is 2.45 bits per heavy atom. The van der Waals surface area contributed by atoms with E-state index in [2.05, 4.69) is 0 Å². The van der Waals surface area contributed by atoms with Crippen LogP contribution in [0.25, 0.3) is 0 Å². The molecule has 2 aromatic rings. The smallest absolute Gasteiger partial charge is 0.156 e. The summed E-state index contributed by atoms with van der Waals surface area (Å²) in [4.78, 5) is 0. The first kappa shape index (κ1) is 14.3. The maximum atomic E-state index is 13.3. The number of nitrogen functional groups attached to an aromatic ring is 1. The van der Waals surface area contributed by atoms with Gasteiger partial charge in [-0.15, -0.1) is 0 Å². The summed E-state index contributed by atoms with van der Waals surface area (Å²) < 4.78 is 36.8. The number of hydrogen-bond acceptors (Lipinski definition) is 3. The Hall–Kier alpha value is -2.14. The molecule has 0 aliphatic rings. The molecule has 0 unspecified atom stereocenters. The van der Waals surface area contributed by atoms with E-state index >= 15 is 0 Å². The highest BCUT2D eigenvalue weighted by molar-refractivity contribution is 5.55. The lowest BCUT2D eigenvalue weighted by Gasteiger charge is -2.10. The van der Waals surface area contributed by atoms with E-state index in [-0.39, 0.29) is 11.4 Å². The van der Waals surface area contributed by atoms with E-state index in [4.69, 9.17) is 15.2 Å². The van der Waals surface area contributed by atoms with Gasteiger partial charge in [0.25, 0.3) is 0 Å². The fourth-order valence-corrected chi connectivity index (χ4v) is 1.72. The Balaban J connectivity index is 2.14. The van der Waals surface area contributed by atoms with Crippen molar-refractivity contribution < 1.29 is 18.3 Å². The van der Waals surface area contributed by atoms with Crippen molar-refractivity contribution in [3.05, 3.63) is 53.6 Å². The molecule has 2 N–H and O–H groups in total. The van der Waals surface area contributed by atoms with Crippen molar-refractivity contribution in [2.45, 2.75) is 6.42 Å². The van der Waals surface area contributed by atoms with Gasteiger partial charge in [-0.1, -0.05) is 12.1 Å². The molecule has 0 spiro atoms. The Morgan fingerprint density at radius 2 is 1.80 bits per heavy atom. The van der Waals surface area contributed by atoms with Gasteiger partial charge in [0.05, 0.1) is 6.61 Å². The monoisotopic (exact) mass is 279 g/mol. The van der Waals surface area contributed by atoms with E-state index in [9.17, 15) is 8.78 Å². The standard InChI is InChI=1S/C15H15F2NO2/c1-19-7-6-10-2-4-12(5-3-10)20-14-9-11(16)8-13(17)15(14)18/h2-5,8-9H,6-7,18H2,1H3. The molecule has 0 heterocycles. The predicted molar refractivity (Wildman–Crippen MR) is 72.9 cm³/mol. The molecular weight excluding hydrogens is 264 g/mol. The second-order valence-corrected chi connectivity index (χ2v) is 4.29. The van der Waals surface area contributed by atoms with Crippen LogP contribution >= 0.6 is 0 Å². The van der Waals surface area contributed by atoms with Gasteiger partial charge >= 0.3 is 0 Å². The summed E-state index contributed by atoms with van der Waals surface area (Å²) >= 11 is 0. The van der Waals surface area contributed by atoms with E-state index in [1.54, 1.807) is 19.2 Å². The molecule has 0 saturated heterocycles. The van der Waals surface area contributed by atoms with Crippen LogP contribution < -0.4 is 10.5 Å². The van der Waals surface area contributed by atoms with Crippen molar-refractivity contribution in [3.8, 4) is 11.5 Å². The highest BCUT2D eigenvalue weighted by Gasteiger charge is 2.10. The van der Waals surface area contributed by atoms with Crippen molar-refractivity contribution >= 4 is 5.69 Å². The van der Waals surface area contributed by atoms with Crippen LogP contribution in [0.15, 0.2) is 36.4 Å². The lowest BCUT2D eigenvalue weighted by Crippen LogP contribution is -1.97. The highest BCUT2D eigenvalue weighted by atomic mass is 19.1. The van der Waals surface area contributed by atoms with E-state index in [1.165, 1.54) is 0 Å². The van der Waals surface area contributed by atoms with Crippen molar-refractivity contribution in [2.75, 3.05) is 19.5 Å². The van der Waals surface area contributed by atoms with Crippen LogP contribution in [0.1, 0.15) is 5.56 Å². The maximum absolute atomic E-state index is 13.3. The number of hydrogen-bond donors (Lipinski definition) is 1. The summed E-state index contributed by atoms with van der Waals surface area (Å²) in [6.45, 7) is 0.627. The molecule has 0 saturated carbocycles. The molecule has 20 heavy (non-hydrogen) atoms. The minimum Gasteiger partial charge on any atom is -0.455 e. The molecule has 0 aromatic heterocycles. The fourth-order valence-electron chi connectivity index (χ4n) is 1.72. The number of benzene rings is 2. The average Bonchev–Trinajstić information content (AvgIpc) is 2.43. The summed E-state index contributed by atoms with van der Waals surface area (Å²) in [5.41, 5.74) is 6.38. The number of methoxy groups -OCH3 is 1. The van der Waals surface area contributed by atoms with Gasteiger partial charge in [0.2, 0.25) is 0 Å². The number of anilines is 1. The van der Waals surface area contributed by atoms with Crippen LogP contribution in [0.5, 0.6) is 11.5 Å². The van der Waals surface area contributed by atoms with E-state index < -0.39 is 11.6 Å². The molecule has 2 aromatic carbocycles. The van der Waals surface area contributed by atoms with Gasteiger partial charge in [-0.3, -0.25) is 0 Å². The van der Waals surface area contributed by atoms with Crippen molar-refractivity contribution in [3.63, 3.8) is 0 Å². The second-order valence-electron chi connectivity index (χ2n) is 4.29. The molecule has 0 bridgehead atoms. The van der Waals surface area contributed by atoms with Crippen LogP contribution in [0, 0.1) is 11.6 Å². The predicted octanol–water partition coefficient (Wildman–Crippen LogP) is 3.53. The van der Waals surface area contributed by atoms with Gasteiger partial charge in [-0.2, -0.15) is 0 Å². The molecule has 2 rings (SSSR count). The number of halogens is 2. The van der Waals surface area contributed by atoms with Gasteiger partial charge in [0, 0.05) is 19.2 Å². The molecule has 0 aliphatic heterocycles. The van der Waals surface area contributed by atoms with Crippen LogP contribution in [0.2, 0.25) is 0 Å². The lowest BCUT2D eigenvalue weighted by molar-refractivity contribution is 0.202. The largest absolute Gasteiger partial charge is 0.455 e. The molecule has 3 nitrogen and oxygen atoms in total. The number of rotatable bonds is 5. The quantitative estimate of drug-likeness (QED) is 0.851. The first-order chi connectivity index (χ1) is 9.60. The highest BCUT2D eigenvalue weighted by Crippen LogP contribution is 2.30. The molecule has 0 fully saturated rings. The SMILES string of the molecule is COCCc1ccc(Oc2cc(F)cc(F)c2N)cc1. The second kappa shape index (κ2) is 6.34. The van der Waals surface area contributed by atoms with Gasteiger partial charge < -0.3 is 15.2 Å². The first-order valence-corrected chi connectivity index (χ1v) is 6.10. The van der Waals surface area contributed by atoms with E-state index in [0.717, 1.165) is 24.1 Å².